The van der Waals surface area contributed by atoms with E-state index in [-0.39, 0.29) is 11.7 Å². The van der Waals surface area contributed by atoms with Gasteiger partial charge in [-0.05, 0) is 37.1 Å². The van der Waals surface area contributed by atoms with Crippen LogP contribution < -0.4 is 14.4 Å². The van der Waals surface area contributed by atoms with Crippen LogP contribution in [0.5, 0.6) is 11.5 Å². The molecule has 0 spiro atoms. The molecule has 2 aromatic rings. The van der Waals surface area contributed by atoms with E-state index >= 15 is 0 Å². The fourth-order valence-corrected chi connectivity index (χ4v) is 3.12. The molecule has 0 saturated carbocycles. The van der Waals surface area contributed by atoms with Gasteiger partial charge >= 0.3 is 0 Å². The summed E-state index contributed by atoms with van der Waals surface area (Å²) in [6, 6.07) is 9.03. The van der Waals surface area contributed by atoms with E-state index in [9.17, 15) is 10.1 Å². The van der Waals surface area contributed by atoms with E-state index in [4.69, 9.17) is 9.47 Å². The van der Waals surface area contributed by atoms with Crippen molar-refractivity contribution in [3.63, 3.8) is 0 Å². The number of hydrogen-bond donors (Lipinski definition) is 0. The Morgan fingerprint density at radius 3 is 2.71 bits per heavy atom. The van der Waals surface area contributed by atoms with Gasteiger partial charge in [0.25, 0.3) is 5.69 Å². The van der Waals surface area contributed by atoms with Crippen LogP contribution in [0.3, 0.4) is 0 Å². The van der Waals surface area contributed by atoms with Crippen LogP contribution in [0.15, 0.2) is 36.5 Å². The highest BCUT2D eigenvalue weighted by Crippen LogP contribution is 2.40. The summed E-state index contributed by atoms with van der Waals surface area (Å²) in [6.07, 6.45) is 3.28. The lowest BCUT2D eigenvalue weighted by Gasteiger charge is -2.27. The molecule has 3 rings (SSSR count). The molecule has 1 aliphatic heterocycles. The Bertz CT molecular complexity index is 733. The van der Waals surface area contributed by atoms with E-state index in [0.29, 0.717) is 0 Å². The summed E-state index contributed by atoms with van der Waals surface area (Å²) >= 11 is 0. The van der Waals surface area contributed by atoms with E-state index < -0.39 is 4.92 Å². The molecule has 7 heteroatoms. The van der Waals surface area contributed by atoms with E-state index in [2.05, 4.69) is 9.88 Å². The Labute approximate surface area is 140 Å². The molecule has 1 aromatic carbocycles. The molecule has 1 aromatic heterocycles. The topological polar surface area (TPSA) is 77.7 Å². The lowest BCUT2D eigenvalue weighted by molar-refractivity contribution is -0.385. The zero-order valence-electron chi connectivity index (χ0n) is 13.6. The molecule has 1 atom stereocenters. The van der Waals surface area contributed by atoms with Crippen molar-refractivity contribution >= 4 is 11.5 Å². The number of methoxy groups -OCH3 is 2. The smallest absolute Gasteiger partial charge is 0.287 e. The first-order valence-electron chi connectivity index (χ1n) is 7.73. The van der Waals surface area contributed by atoms with Gasteiger partial charge in [0, 0.05) is 18.2 Å². The van der Waals surface area contributed by atoms with Gasteiger partial charge in [-0.3, -0.25) is 10.1 Å². The Balaban J connectivity index is 1.94. The number of benzene rings is 1. The quantitative estimate of drug-likeness (QED) is 0.618. The van der Waals surface area contributed by atoms with Gasteiger partial charge in [0.2, 0.25) is 0 Å². The lowest BCUT2D eigenvalue weighted by Crippen LogP contribution is -2.24. The maximum atomic E-state index is 10.8. The van der Waals surface area contributed by atoms with E-state index in [0.717, 1.165) is 42.3 Å². The molecule has 0 bridgehead atoms. The third-order valence-corrected chi connectivity index (χ3v) is 4.29. The van der Waals surface area contributed by atoms with Crippen LogP contribution >= 0.6 is 0 Å². The fraction of sp³-hybridized carbons (Fsp3) is 0.353. The van der Waals surface area contributed by atoms with Crippen molar-refractivity contribution in [1.82, 2.24) is 4.98 Å². The predicted octanol–water partition coefficient (Wildman–Crippen LogP) is 3.35. The number of anilines is 1. The average Bonchev–Trinajstić information content (AvgIpc) is 3.10. The summed E-state index contributed by atoms with van der Waals surface area (Å²) in [4.78, 5) is 16.8. The molecule has 0 N–H and O–H groups in total. The molecule has 7 nitrogen and oxygen atoms in total. The summed E-state index contributed by atoms with van der Waals surface area (Å²) < 4.78 is 10.8. The molecule has 0 amide bonds. The van der Waals surface area contributed by atoms with Crippen LogP contribution in [0.2, 0.25) is 0 Å². The molecule has 1 unspecified atom stereocenters. The van der Waals surface area contributed by atoms with E-state index in [1.807, 2.05) is 18.2 Å². The largest absolute Gasteiger partial charge is 0.497 e. The first kappa shape index (κ1) is 16.0. The van der Waals surface area contributed by atoms with Gasteiger partial charge < -0.3 is 14.4 Å². The number of rotatable bonds is 5. The number of pyridine rings is 1. The Hall–Kier alpha value is -2.83. The normalized spacial score (nSPS) is 16.9. The van der Waals surface area contributed by atoms with Crippen molar-refractivity contribution in [2.75, 3.05) is 25.7 Å². The summed E-state index contributed by atoms with van der Waals surface area (Å²) in [5.41, 5.74) is 1.03. The second kappa shape index (κ2) is 6.74. The number of hydrogen-bond acceptors (Lipinski definition) is 6. The Morgan fingerprint density at radius 2 is 2.08 bits per heavy atom. The van der Waals surface area contributed by atoms with Crippen LogP contribution in [0.1, 0.15) is 24.4 Å². The van der Waals surface area contributed by atoms with Crippen LogP contribution in [-0.4, -0.2) is 30.7 Å². The standard InChI is InChI=1S/C17H19N3O4/c1-23-13-6-7-16(24-2)14(10-13)15-4-3-9-19(15)17-8-5-12(11-18-17)20(21)22/h5-8,10-11,15H,3-4,9H2,1-2H3. The van der Waals surface area contributed by atoms with E-state index in [1.54, 1.807) is 20.3 Å². The summed E-state index contributed by atoms with van der Waals surface area (Å²) in [7, 11) is 3.28. The number of aromatic nitrogens is 1. The molecule has 1 aliphatic rings. The summed E-state index contributed by atoms with van der Waals surface area (Å²) in [5.74, 6) is 2.30. The minimum Gasteiger partial charge on any atom is -0.497 e. The number of nitro groups is 1. The molecule has 24 heavy (non-hydrogen) atoms. The SMILES string of the molecule is COc1ccc(OC)c(C2CCCN2c2ccc([N+](=O)[O-])cn2)c1. The molecular formula is C17H19N3O4. The van der Waals surface area contributed by atoms with Crippen molar-refractivity contribution in [2.45, 2.75) is 18.9 Å². The van der Waals surface area contributed by atoms with Crippen LogP contribution in [0.4, 0.5) is 11.5 Å². The monoisotopic (exact) mass is 329 g/mol. The van der Waals surface area contributed by atoms with Crippen molar-refractivity contribution in [3.05, 3.63) is 52.2 Å². The van der Waals surface area contributed by atoms with Crippen molar-refractivity contribution < 1.29 is 14.4 Å². The van der Waals surface area contributed by atoms with Gasteiger partial charge in [-0.25, -0.2) is 4.98 Å². The molecule has 2 heterocycles. The van der Waals surface area contributed by atoms with Crippen molar-refractivity contribution in [3.8, 4) is 11.5 Å². The highest BCUT2D eigenvalue weighted by Gasteiger charge is 2.30. The van der Waals surface area contributed by atoms with Crippen molar-refractivity contribution in [1.29, 1.82) is 0 Å². The first-order valence-corrected chi connectivity index (χ1v) is 7.73. The minimum absolute atomic E-state index is 0.00606. The maximum Gasteiger partial charge on any atom is 0.287 e. The molecule has 0 radical (unpaired) electrons. The Morgan fingerprint density at radius 1 is 1.25 bits per heavy atom. The zero-order chi connectivity index (χ0) is 17.1. The third kappa shape index (κ3) is 2.97. The van der Waals surface area contributed by atoms with Crippen LogP contribution in [0.25, 0.3) is 0 Å². The van der Waals surface area contributed by atoms with Gasteiger partial charge in [0.15, 0.2) is 0 Å². The molecule has 126 valence electrons. The average molecular weight is 329 g/mol. The predicted molar refractivity (Wildman–Crippen MR) is 89.8 cm³/mol. The Kier molecular flexibility index (Phi) is 4.50. The highest BCUT2D eigenvalue weighted by atomic mass is 16.6. The molecule has 1 saturated heterocycles. The third-order valence-electron chi connectivity index (χ3n) is 4.29. The van der Waals surface area contributed by atoms with E-state index in [1.165, 1.54) is 12.3 Å². The van der Waals surface area contributed by atoms with Crippen LogP contribution in [0, 0.1) is 10.1 Å². The second-order valence-electron chi connectivity index (χ2n) is 5.59. The molecule has 1 fully saturated rings. The molecular weight excluding hydrogens is 310 g/mol. The van der Waals surface area contributed by atoms with Gasteiger partial charge in [-0.1, -0.05) is 0 Å². The van der Waals surface area contributed by atoms with Gasteiger partial charge in [-0.15, -0.1) is 0 Å². The number of nitrogens with zero attached hydrogens (tertiary/aromatic N) is 3. The first-order chi connectivity index (χ1) is 11.6. The summed E-state index contributed by atoms with van der Waals surface area (Å²) in [5, 5.41) is 10.8. The maximum absolute atomic E-state index is 10.8. The van der Waals surface area contributed by atoms with Crippen LogP contribution in [-0.2, 0) is 0 Å². The zero-order valence-corrected chi connectivity index (χ0v) is 13.6. The van der Waals surface area contributed by atoms with Crippen molar-refractivity contribution in [2.24, 2.45) is 0 Å². The minimum atomic E-state index is -0.441. The second-order valence-corrected chi connectivity index (χ2v) is 5.59. The summed E-state index contributed by atoms with van der Waals surface area (Å²) in [6.45, 7) is 0.843. The van der Waals surface area contributed by atoms with Gasteiger partial charge in [0.05, 0.1) is 25.2 Å². The molecule has 0 aliphatic carbocycles. The fourth-order valence-electron chi connectivity index (χ4n) is 3.12. The lowest BCUT2D eigenvalue weighted by atomic mass is 10.0. The van der Waals surface area contributed by atoms with Gasteiger partial charge in [-0.2, -0.15) is 0 Å². The highest BCUT2D eigenvalue weighted by molar-refractivity contribution is 5.51. The number of ether oxygens (including phenoxy) is 2. The van der Waals surface area contributed by atoms with Gasteiger partial charge in [0.1, 0.15) is 23.5 Å².